The first kappa shape index (κ1) is 16.1. The van der Waals surface area contributed by atoms with Gasteiger partial charge in [0.1, 0.15) is 5.82 Å². The van der Waals surface area contributed by atoms with E-state index in [9.17, 15) is 17.6 Å². The van der Waals surface area contributed by atoms with Crippen LogP contribution in [0.25, 0.3) is 0 Å². The summed E-state index contributed by atoms with van der Waals surface area (Å²) in [5, 5.41) is 2.83. The van der Waals surface area contributed by atoms with E-state index in [0.29, 0.717) is 15.7 Å². The fourth-order valence-corrected chi connectivity index (χ4v) is 2.18. The largest absolute Gasteiger partial charge is 0.416 e. The summed E-state index contributed by atoms with van der Waals surface area (Å²) in [5.41, 5.74) is 0.187. The highest BCUT2D eigenvalue weighted by Gasteiger charge is 2.30. The van der Waals surface area contributed by atoms with Gasteiger partial charge in [0, 0.05) is 6.54 Å². The van der Waals surface area contributed by atoms with Crippen molar-refractivity contribution in [3.63, 3.8) is 0 Å². The molecule has 0 radical (unpaired) electrons. The predicted molar refractivity (Wildman–Crippen MR) is 77.9 cm³/mol. The first-order chi connectivity index (χ1) is 9.77. The molecule has 7 heteroatoms. The summed E-state index contributed by atoms with van der Waals surface area (Å²) in [6.07, 6.45) is -4.43. The van der Waals surface area contributed by atoms with Crippen molar-refractivity contribution in [1.29, 1.82) is 0 Å². The second-order valence-electron chi connectivity index (χ2n) is 4.29. The van der Waals surface area contributed by atoms with Gasteiger partial charge in [-0.25, -0.2) is 4.39 Å². The lowest BCUT2D eigenvalue weighted by Crippen LogP contribution is -2.06. The summed E-state index contributed by atoms with van der Waals surface area (Å²) < 4.78 is 51.2. The molecule has 0 fully saturated rings. The van der Waals surface area contributed by atoms with Gasteiger partial charge in [0.15, 0.2) is 0 Å². The molecule has 0 atom stereocenters. The van der Waals surface area contributed by atoms with Gasteiger partial charge in [0.2, 0.25) is 0 Å². The zero-order valence-corrected chi connectivity index (χ0v) is 12.8. The van der Waals surface area contributed by atoms with Gasteiger partial charge in [0.05, 0.1) is 20.7 Å². The van der Waals surface area contributed by atoms with Gasteiger partial charge < -0.3 is 5.32 Å². The van der Waals surface area contributed by atoms with E-state index in [0.717, 1.165) is 12.1 Å². The monoisotopic (exact) mass is 381 g/mol. The third-order valence-electron chi connectivity index (χ3n) is 2.76. The van der Waals surface area contributed by atoms with Crippen molar-refractivity contribution in [2.45, 2.75) is 12.7 Å². The molecular weight excluding hydrogens is 374 g/mol. The van der Waals surface area contributed by atoms with E-state index in [2.05, 4.69) is 21.2 Å². The Hall–Kier alpha value is -1.27. The first-order valence-electron chi connectivity index (χ1n) is 5.82. The minimum atomic E-state index is -4.43. The fraction of sp³-hybridized carbons (Fsp3) is 0.143. The second kappa shape index (κ2) is 6.23. The number of hydrogen-bond acceptors (Lipinski definition) is 1. The Morgan fingerprint density at radius 1 is 1.10 bits per heavy atom. The molecule has 112 valence electrons. The minimum Gasteiger partial charge on any atom is -0.380 e. The lowest BCUT2D eigenvalue weighted by molar-refractivity contribution is -0.137. The Kier molecular flexibility index (Phi) is 4.78. The van der Waals surface area contributed by atoms with E-state index in [1.165, 1.54) is 12.1 Å². The number of benzene rings is 2. The third kappa shape index (κ3) is 4.11. The molecule has 0 aliphatic carbocycles. The van der Waals surface area contributed by atoms with Gasteiger partial charge in [-0.1, -0.05) is 17.7 Å². The Balaban J connectivity index is 2.11. The summed E-state index contributed by atoms with van der Waals surface area (Å²) in [4.78, 5) is 0. The van der Waals surface area contributed by atoms with Crippen molar-refractivity contribution >= 4 is 33.2 Å². The molecule has 2 aromatic carbocycles. The van der Waals surface area contributed by atoms with Crippen molar-refractivity contribution in [3.05, 3.63) is 62.8 Å². The van der Waals surface area contributed by atoms with Crippen LogP contribution in [0, 0.1) is 5.82 Å². The molecule has 0 aliphatic heterocycles. The number of hydrogen-bond donors (Lipinski definition) is 1. The summed E-state index contributed by atoms with van der Waals surface area (Å²) in [6, 6.07) is 7.62. The van der Waals surface area contributed by atoms with Gasteiger partial charge in [0.25, 0.3) is 0 Å². The van der Waals surface area contributed by atoms with Crippen molar-refractivity contribution in [2.24, 2.45) is 0 Å². The Morgan fingerprint density at radius 2 is 1.81 bits per heavy atom. The van der Waals surface area contributed by atoms with Crippen LogP contribution in [0.5, 0.6) is 0 Å². The molecule has 1 nitrogen and oxygen atoms in total. The molecule has 2 aromatic rings. The van der Waals surface area contributed by atoms with E-state index < -0.39 is 17.6 Å². The molecule has 0 unspecified atom stereocenters. The van der Waals surface area contributed by atoms with Crippen molar-refractivity contribution in [2.75, 3.05) is 5.32 Å². The topological polar surface area (TPSA) is 12.0 Å². The molecular formula is C14H9BrClF4N. The van der Waals surface area contributed by atoms with Crippen molar-refractivity contribution in [3.8, 4) is 0 Å². The summed E-state index contributed by atoms with van der Waals surface area (Å²) in [7, 11) is 0. The average molecular weight is 383 g/mol. The second-order valence-corrected chi connectivity index (χ2v) is 5.56. The van der Waals surface area contributed by atoms with Gasteiger partial charge in [-0.3, -0.25) is 0 Å². The molecule has 0 saturated heterocycles. The highest BCUT2D eigenvalue weighted by atomic mass is 79.9. The maximum absolute atomic E-state index is 13.3. The summed E-state index contributed by atoms with van der Waals surface area (Å²) in [6.45, 7) is 0.245. The standard InChI is InChI=1S/C14H9BrClF4N/c15-10-3-1-8(5-12(10)17)7-21-13-4-2-9(6-11(13)16)14(18,19)20/h1-6,21H,7H2. The Labute approximate surface area is 132 Å². The van der Waals surface area contributed by atoms with E-state index >= 15 is 0 Å². The van der Waals surface area contributed by atoms with Crippen LogP contribution in [0.1, 0.15) is 11.1 Å². The molecule has 0 heterocycles. The van der Waals surface area contributed by atoms with Crippen LogP contribution < -0.4 is 5.32 Å². The number of halogens is 6. The third-order valence-corrected chi connectivity index (χ3v) is 3.72. The molecule has 21 heavy (non-hydrogen) atoms. The van der Waals surface area contributed by atoms with Gasteiger partial charge in [-0.05, 0) is 51.8 Å². The van der Waals surface area contributed by atoms with Crippen LogP contribution in [0.4, 0.5) is 23.2 Å². The zero-order valence-electron chi connectivity index (χ0n) is 10.4. The minimum absolute atomic E-state index is 0.0394. The number of nitrogens with one attached hydrogen (secondary N) is 1. The van der Waals surface area contributed by atoms with Gasteiger partial charge in [-0.2, -0.15) is 13.2 Å². The van der Waals surface area contributed by atoms with E-state index in [4.69, 9.17) is 11.6 Å². The maximum atomic E-state index is 13.3. The quantitative estimate of drug-likeness (QED) is 0.654. The number of anilines is 1. The summed E-state index contributed by atoms with van der Waals surface area (Å²) >= 11 is 8.85. The lowest BCUT2D eigenvalue weighted by atomic mass is 10.2. The Bertz CT molecular complexity index is 658. The van der Waals surface area contributed by atoms with Crippen molar-refractivity contribution < 1.29 is 17.6 Å². The van der Waals surface area contributed by atoms with Gasteiger partial charge in [-0.15, -0.1) is 0 Å². The molecule has 0 saturated carbocycles. The average Bonchev–Trinajstić information content (AvgIpc) is 2.40. The van der Waals surface area contributed by atoms with Crippen LogP contribution >= 0.6 is 27.5 Å². The first-order valence-corrected chi connectivity index (χ1v) is 6.99. The molecule has 0 aromatic heterocycles. The highest BCUT2D eigenvalue weighted by molar-refractivity contribution is 9.10. The molecule has 0 amide bonds. The van der Waals surface area contributed by atoms with Crippen LogP contribution in [0.15, 0.2) is 40.9 Å². The zero-order chi connectivity index (χ0) is 15.6. The fourth-order valence-electron chi connectivity index (χ4n) is 1.68. The lowest BCUT2D eigenvalue weighted by Gasteiger charge is -2.12. The van der Waals surface area contributed by atoms with Crippen molar-refractivity contribution in [1.82, 2.24) is 0 Å². The number of alkyl halides is 3. The van der Waals surface area contributed by atoms with Crippen LogP contribution in [0.2, 0.25) is 5.02 Å². The van der Waals surface area contributed by atoms with Gasteiger partial charge >= 0.3 is 6.18 Å². The van der Waals surface area contributed by atoms with E-state index in [1.807, 2.05) is 0 Å². The normalized spacial score (nSPS) is 11.5. The predicted octanol–water partition coefficient (Wildman–Crippen LogP) is 5.87. The smallest absolute Gasteiger partial charge is 0.380 e. The van der Waals surface area contributed by atoms with Crippen LogP contribution in [-0.2, 0) is 12.7 Å². The summed E-state index contributed by atoms with van der Waals surface area (Å²) in [5.74, 6) is -0.409. The van der Waals surface area contributed by atoms with Crippen LogP contribution in [-0.4, -0.2) is 0 Å². The van der Waals surface area contributed by atoms with Crippen LogP contribution in [0.3, 0.4) is 0 Å². The maximum Gasteiger partial charge on any atom is 0.416 e. The molecule has 0 aliphatic rings. The molecule has 0 bridgehead atoms. The Morgan fingerprint density at radius 3 is 2.38 bits per heavy atom. The number of rotatable bonds is 3. The van der Waals surface area contributed by atoms with E-state index in [1.54, 1.807) is 12.1 Å². The molecule has 1 N–H and O–H groups in total. The SMILES string of the molecule is Fc1cc(CNc2ccc(C(F)(F)F)cc2Cl)ccc1Br. The molecule has 2 rings (SSSR count). The highest BCUT2D eigenvalue weighted by Crippen LogP contribution is 2.33. The molecule has 0 spiro atoms. The van der Waals surface area contributed by atoms with E-state index in [-0.39, 0.29) is 11.6 Å².